The number of hydrogen-bond donors (Lipinski definition) is 1. The summed E-state index contributed by atoms with van der Waals surface area (Å²) < 4.78 is 17.2. The molecular weight excluding hydrogens is 480 g/mol. The Labute approximate surface area is 217 Å². The molecule has 2 aliphatic heterocycles. The van der Waals surface area contributed by atoms with Gasteiger partial charge in [0.05, 0.1) is 18.9 Å². The molecule has 0 radical (unpaired) electrons. The lowest BCUT2D eigenvalue weighted by Crippen LogP contribution is -2.29. The van der Waals surface area contributed by atoms with Gasteiger partial charge in [-0.2, -0.15) is 0 Å². The highest BCUT2D eigenvalue weighted by molar-refractivity contribution is 6.63. The molecule has 1 fully saturated rings. The summed E-state index contributed by atoms with van der Waals surface area (Å²) in [6.07, 6.45) is 1.16. The summed E-state index contributed by atoms with van der Waals surface area (Å²) in [4.78, 5) is 25.5. The first-order chi connectivity index (χ1) is 17.4. The molecule has 1 saturated heterocycles. The molecule has 192 valence electrons. The predicted molar refractivity (Wildman–Crippen MR) is 137 cm³/mol. The van der Waals surface area contributed by atoms with E-state index in [1.54, 1.807) is 11.8 Å². The van der Waals surface area contributed by atoms with Gasteiger partial charge in [-0.3, -0.25) is 4.79 Å². The van der Waals surface area contributed by atoms with Crippen LogP contribution in [0.1, 0.15) is 44.0 Å². The molecule has 36 heavy (non-hydrogen) atoms. The smallest absolute Gasteiger partial charge is 0.409 e. The van der Waals surface area contributed by atoms with Crippen LogP contribution in [0.3, 0.4) is 0 Å². The Balaban J connectivity index is 1.31. The van der Waals surface area contributed by atoms with Gasteiger partial charge in [-0.15, -0.1) is 0 Å². The van der Waals surface area contributed by atoms with Crippen LogP contribution in [0.5, 0.6) is 5.75 Å². The fraction of sp³-hybridized carbons (Fsp3) is 0.429. The maximum absolute atomic E-state index is 12.2. The highest BCUT2D eigenvalue weighted by Gasteiger charge is 2.36. The minimum Gasteiger partial charge on any atom is -0.493 e. The molecule has 2 aromatic rings. The number of ether oxygens (including phenoxy) is 3. The lowest BCUT2D eigenvalue weighted by molar-refractivity contribution is -0.112. The normalized spacial score (nSPS) is 21.2. The standard InChI is InChI=1S/C28H33ClN2O5/c1-3-34-28(33)31-17-22(23(18-31)16-26(29)32)14-20-8-7-11-24(15-20)35-13-12-25-19(2)36-27(30-25)21-9-5-4-6-10-21/h4-11,15,22-23,27,30H,3,12-14,16-18H2,1-2H3/t22-,23-,27?/m0/s1. The Morgan fingerprint density at radius 1 is 1.11 bits per heavy atom. The van der Waals surface area contributed by atoms with Crippen LogP contribution in [0.25, 0.3) is 0 Å². The number of hydrogen-bond acceptors (Lipinski definition) is 6. The number of carbonyl (C=O) groups is 2. The van der Waals surface area contributed by atoms with Crippen LogP contribution >= 0.6 is 11.6 Å². The van der Waals surface area contributed by atoms with E-state index in [2.05, 4.69) is 5.32 Å². The van der Waals surface area contributed by atoms with Gasteiger partial charge in [-0.1, -0.05) is 42.5 Å². The van der Waals surface area contributed by atoms with Gasteiger partial charge < -0.3 is 24.4 Å². The topological polar surface area (TPSA) is 77.1 Å². The molecule has 0 aliphatic carbocycles. The molecule has 2 aromatic carbocycles. The van der Waals surface area contributed by atoms with Crippen LogP contribution in [0.15, 0.2) is 66.1 Å². The summed E-state index contributed by atoms with van der Waals surface area (Å²) >= 11 is 5.69. The van der Waals surface area contributed by atoms with Crippen LogP contribution < -0.4 is 10.1 Å². The number of nitrogens with zero attached hydrogens (tertiary/aromatic N) is 1. The van der Waals surface area contributed by atoms with E-state index >= 15 is 0 Å². The quantitative estimate of drug-likeness (QED) is 0.429. The molecule has 0 aromatic heterocycles. The molecule has 7 nitrogen and oxygen atoms in total. The Hall–Kier alpha value is -3.19. The zero-order chi connectivity index (χ0) is 25.5. The first-order valence-corrected chi connectivity index (χ1v) is 12.8. The van der Waals surface area contributed by atoms with Crippen molar-refractivity contribution in [2.75, 3.05) is 26.3 Å². The number of nitrogens with one attached hydrogen (secondary N) is 1. The van der Waals surface area contributed by atoms with Crippen molar-refractivity contribution in [3.63, 3.8) is 0 Å². The van der Waals surface area contributed by atoms with E-state index in [9.17, 15) is 9.59 Å². The van der Waals surface area contributed by atoms with Gasteiger partial charge in [0.1, 0.15) is 11.5 Å². The average Bonchev–Trinajstić information content (AvgIpc) is 3.43. The number of allylic oxidation sites excluding steroid dienone is 1. The van der Waals surface area contributed by atoms with Gasteiger partial charge in [0.15, 0.2) is 6.23 Å². The number of likely N-dealkylation sites (tertiary alicyclic amines) is 1. The lowest BCUT2D eigenvalue weighted by Gasteiger charge is -2.17. The number of rotatable bonds is 10. The third kappa shape index (κ3) is 6.72. The van der Waals surface area contributed by atoms with Crippen molar-refractivity contribution in [1.82, 2.24) is 10.2 Å². The van der Waals surface area contributed by atoms with Gasteiger partial charge >= 0.3 is 6.09 Å². The molecule has 1 amide bonds. The SMILES string of the molecule is CCOC(=O)N1C[C@H](CC(=O)Cl)[C@@H](Cc2cccc(OCCC3=C(C)OC(c4ccccc4)N3)c2)C1. The molecule has 1 N–H and O–H groups in total. The molecule has 8 heteroatoms. The van der Waals surface area contributed by atoms with Crippen molar-refractivity contribution in [1.29, 1.82) is 0 Å². The van der Waals surface area contributed by atoms with Crippen LogP contribution in [0, 0.1) is 11.8 Å². The van der Waals surface area contributed by atoms with Crippen molar-refractivity contribution in [3.05, 3.63) is 77.2 Å². The molecule has 1 unspecified atom stereocenters. The van der Waals surface area contributed by atoms with Crippen LogP contribution in [-0.4, -0.2) is 42.5 Å². The van der Waals surface area contributed by atoms with Gasteiger partial charge in [0.2, 0.25) is 5.24 Å². The number of carbonyl (C=O) groups excluding carboxylic acids is 2. The van der Waals surface area contributed by atoms with Crippen LogP contribution in [0.2, 0.25) is 0 Å². The fourth-order valence-electron chi connectivity index (χ4n) is 4.87. The second kappa shape index (κ2) is 12.2. The maximum atomic E-state index is 12.2. The van der Waals surface area contributed by atoms with E-state index in [4.69, 9.17) is 25.8 Å². The number of amides is 1. The fourth-order valence-corrected chi connectivity index (χ4v) is 5.07. The minimum absolute atomic E-state index is 0.00453. The zero-order valence-corrected chi connectivity index (χ0v) is 21.5. The predicted octanol–water partition coefficient (Wildman–Crippen LogP) is 5.41. The third-order valence-electron chi connectivity index (χ3n) is 6.67. The summed E-state index contributed by atoms with van der Waals surface area (Å²) in [6, 6.07) is 18.1. The van der Waals surface area contributed by atoms with Crippen LogP contribution in [0.4, 0.5) is 4.79 Å². The van der Waals surface area contributed by atoms with Crippen molar-refractivity contribution in [2.45, 2.75) is 39.3 Å². The Bertz CT molecular complexity index is 1090. The monoisotopic (exact) mass is 512 g/mol. The Morgan fingerprint density at radius 2 is 1.89 bits per heavy atom. The summed E-state index contributed by atoms with van der Waals surface area (Å²) in [5.41, 5.74) is 3.22. The van der Waals surface area contributed by atoms with E-state index in [0.717, 1.165) is 34.8 Å². The van der Waals surface area contributed by atoms with E-state index in [-0.39, 0.29) is 35.8 Å². The van der Waals surface area contributed by atoms with Gasteiger partial charge in [0.25, 0.3) is 0 Å². The first kappa shape index (κ1) is 25.9. The molecule has 0 spiro atoms. The van der Waals surface area contributed by atoms with Gasteiger partial charge in [-0.25, -0.2) is 4.79 Å². The summed E-state index contributed by atoms with van der Waals surface area (Å²) in [5, 5.41) is 3.06. The first-order valence-electron chi connectivity index (χ1n) is 12.4. The van der Waals surface area contributed by atoms with Gasteiger partial charge in [0, 0.05) is 31.5 Å². The molecule has 2 heterocycles. The van der Waals surface area contributed by atoms with E-state index in [0.29, 0.717) is 32.7 Å². The summed E-state index contributed by atoms with van der Waals surface area (Å²) in [7, 11) is 0. The number of benzene rings is 2. The molecular formula is C28H33ClN2O5. The van der Waals surface area contributed by atoms with Crippen LogP contribution in [-0.2, 0) is 20.7 Å². The summed E-state index contributed by atoms with van der Waals surface area (Å²) in [6.45, 7) is 5.61. The number of halogens is 1. The van der Waals surface area contributed by atoms with Gasteiger partial charge in [-0.05, 0) is 61.4 Å². The highest BCUT2D eigenvalue weighted by Crippen LogP contribution is 2.32. The second-order valence-electron chi connectivity index (χ2n) is 9.22. The Morgan fingerprint density at radius 3 is 2.64 bits per heavy atom. The lowest BCUT2D eigenvalue weighted by atomic mass is 9.88. The molecule has 4 rings (SSSR count). The van der Waals surface area contributed by atoms with Crippen molar-refractivity contribution in [3.8, 4) is 5.75 Å². The second-order valence-corrected chi connectivity index (χ2v) is 9.64. The molecule has 0 bridgehead atoms. The maximum Gasteiger partial charge on any atom is 0.409 e. The molecule has 0 saturated carbocycles. The van der Waals surface area contributed by atoms with Crippen molar-refractivity contribution < 1.29 is 23.8 Å². The van der Waals surface area contributed by atoms with Crippen molar-refractivity contribution >= 4 is 22.9 Å². The zero-order valence-electron chi connectivity index (χ0n) is 20.7. The molecule has 3 atom stereocenters. The van der Waals surface area contributed by atoms with Crippen molar-refractivity contribution in [2.24, 2.45) is 11.8 Å². The molecule has 2 aliphatic rings. The van der Waals surface area contributed by atoms with E-state index in [1.807, 2.05) is 61.5 Å². The van der Waals surface area contributed by atoms with E-state index in [1.165, 1.54) is 0 Å². The highest BCUT2D eigenvalue weighted by atomic mass is 35.5. The Kier molecular flexibility index (Phi) is 8.75. The summed E-state index contributed by atoms with van der Waals surface area (Å²) in [5.74, 6) is 1.79. The average molecular weight is 513 g/mol. The minimum atomic E-state index is -0.378. The third-order valence-corrected chi connectivity index (χ3v) is 6.82. The largest absolute Gasteiger partial charge is 0.493 e. The van der Waals surface area contributed by atoms with E-state index < -0.39 is 0 Å².